The van der Waals surface area contributed by atoms with Gasteiger partial charge in [0.05, 0.1) is 6.04 Å². The van der Waals surface area contributed by atoms with E-state index in [1.54, 1.807) is 29.2 Å². The van der Waals surface area contributed by atoms with E-state index in [4.69, 9.17) is 11.6 Å². The summed E-state index contributed by atoms with van der Waals surface area (Å²) in [4.78, 5) is 26.2. The first-order valence-electron chi connectivity index (χ1n) is 8.13. The summed E-state index contributed by atoms with van der Waals surface area (Å²) in [6, 6.07) is 12.3. The maximum atomic E-state index is 12.3. The topological polar surface area (TPSA) is 61.4 Å². The van der Waals surface area contributed by atoms with Crippen molar-refractivity contribution in [3.8, 4) is 0 Å². The van der Waals surface area contributed by atoms with Crippen LogP contribution >= 0.6 is 11.6 Å². The highest BCUT2D eigenvalue weighted by molar-refractivity contribution is 6.30. The largest absolute Gasteiger partial charge is 0.333 e. The van der Waals surface area contributed by atoms with Crippen LogP contribution in [0.15, 0.2) is 42.5 Å². The van der Waals surface area contributed by atoms with Crippen LogP contribution in [-0.4, -0.2) is 24.5 Å². The van der Waals surface area contributed by atoms with Gasteiger partial charge in [0.2, 0.25) is 5.91 Å². The third-order valence-electron chi connectivity index (χ3n) is 4.34. The Bertz CT molecular complexity index is 822. The molecule has 2 aromatic carbocycles. The molecule has 3 amide bonds. The number of urea groups is 1. The van der Waals surface area contributed by atoms with Crippen LogP contribution in [0.2, 0.25) is 5.02 Å². The number of benzene rings is 2. The average Bonchev–Trinajstić information content (AvgIpc) is 2.90. The van der Waals surface area contributed by atoms with E-state index in [9.17, 15) is 9.59 Å². The molecule has 3 rings (SSSR count). The maximum absolute atomic E-state index is 12.3. The highest BCUT2D eigenvalue weighted by atomic mass is 35.5. The van der Waals surface area contributed by atoms with Crippen LogP contribution < -0.4 is 15.5 Å². The predicted molar refractivity (Wildman–Crippen MR) is 100 cm³/mol. The number of hydrogen-bond donors (Lipinski definition) is 2. The van der Waals surface area contributed by atoms with Crippen molar-refractivity contribution in [1.29, 1.82) is 0 Å². The van der Waals surface area contributed by atoms with E-state index in [1.165, 1.54) is 5.56 Å². The van der Waals surface area contributed by atoms with E-state index in [0.29, 0.717) is 17.3 Å². The highest BCUT2D eigenvalue weighted by Crippen LogP contribution is 2.24. The minimum absolute atomic E-state index is 0.0105. The molecule has 0 bridgehead atoms. The number of carbonyl (C=O) groups is 2. The fraction of sp³-hybridized carbons (Fsp3) is 0.263. The Morgan fingerprint density at radius 2 is 1.96 bits per heavy atom. The minimum Gasteiger partial charge on any atom is -0.333 e. The van der Waals surface area contributed by atoms with Crippen LogP contribution in [0.25, 0.3) is 0 Å². The Kier molecular flexibility index (Phi) is 4.95. The van der Waals surface area contributed by atoms with Gasteiger partial charge in [-0.2, -0.15) is 0 Å². The van der Waals surface area contributed by atoms with Gasteiger partial charge in [-0.25, -0.2) is 4.79 Å². The Hall–Kier alpha value is -2.53. The third-order valence-corrected chi connectivity index (χ3v) is 4.58. The second-order valence-corrected chi connectivity index (χ2v) is 6.72. The first-order chi connectivity index (χ1) is 11.9. The van der Waals surface area contributed by atoms with Gasteiger partial charge in [0, 0.05) is 29.4 Å². The van der Waals surface area contributed by atoms with Crippen molar-refractivity contribution in [1.82, 2.24) is 5.32 Å². The van der Waals surface area contributed by atoms with Crippen molar-refractivity contribution in [3.05, 3.63) is 58.6 Å². The molecule has 130 valence electrons. The number of rotatable bonds is 3. The van der Waals surface area contributed by atoms with Gasteiger partial charge in [0.15, 0.2) is 0 Å². The molecule has 25 heavy (non-hydrogen) atoms. The summed E-state index contributed by atoms with van der Waals surface area (Å²) in [5.41, 5.74) is 3.80. The maximum Gasteiger partial charge on any atom is 0.319 e. The van der Waals surface area contributed by atoms with Gasteiger partial charge in [0.25, 0.3) is 0 Å². The van der Waals surface area contributed by atoms with Crippen molar-refractivity contribution < 1.29 is 9.59 Å². The van der Waals surface area contributed by atoms with Crippen LogP contribution in [0.3, 0.4) is 0 Å². The molecule has 1 saturated heterocycles. The quantitative estimate of drug-likeness (QED) is 0.875. The molecule has 5 nitrogen and oxygen atoms in total. The number of amides is 3. The fourth-order valence-electron chi connectivity index (χ4n) is 2.87. The molecule has 0 unspecified atom stereocenters. The smallest absolute Gasteiger partial charge is 0.319 e. The van der Waals surface area contributed by atoms with Crippen molar-refractivity contribution in [2.24, 2.45) is 0 Å². The zero-order chi connectivity index (χ0) is 18.0. The number of nitrogens with zero attached hydrogens (tertiary/aromatic N) is 1. The number of carbonyl (C=O) groups excluding carboxylic acids is 2. The summed E-state index contributed by atoms with van der Waals surface area (Å²) >= 11 is 5.91. The number of hydrogen-bond acceptors (Lipinski definition) is 2. The molecule has 2 aromatic rings. The van der Waals surface area contributed by atoms with Crippen molar-refractivity contribution in [2.45, 2.75) is 26.3 Å². The minimum atomic E-state index is -0.345. The summed E-state index contributed by atoms with van der Waals surface area (Å²) < 4.78 is 0. The summed E-state index contributed by atoms with van der Waals surface area (Å²) in [6.07, 6.45) is 0.288. The van der Waals surface area contributed by atoms with E-state index in [0.717, 1.165) is 11.3 Å². The number of anilines is 2. The number of nitrogens with one attached hydrogen (secondary N) is 2. The van der Waals surface area contributed by atoms with Gasteiger partial charge in [0.1, 0.15) is 0 Å². The zero-order valence-corrected chi connectivity index (χ0v) is 14.9. The van der Waals surface area contributed by atoms with E-state index in [2.05, 4.69) is 10.6 Å². The van der Waals surface area contributed by atoms with Crippen molar-refractivity contribution >= 4 is 34.9 Å². The lowest BCUT2D eigenvalue weighted by Gasteiger charge is -2.18. The molecule has 1 atom stereocenters. The summed E-state index contributed by atoms with van der Waals surface area (Å²) in [6.45, 7) is 4.52. The molecule has 6 heteroatoms. The third kappa shape index (κ3) is 4.12. The van der Waals surface area contributed by atoms with Gasteiger partial charge < -0.3 is 15.5 Å². The molecule has 0 aliphatic carbocycles. The van der Waals surface area contributed by atoms with Crippen LogP contribution in [0.4, 0.5) is 16.2 Å². The van der Waals surface area contributed by atoms with Gasteiger partial charge in [-0.15, -0.1) is 0 Å². The Labute approximate surface area is 152 Å². The number of aryl methyl sites for hydroxylation is 2. The second kappa shape index (κ2) is 7.15. The molecule has 0 saturated carbocycles. The SMILES string of the molecule is Cc1ccc(N2C[C@@H](NC(=O)Nc3cccc(Cl)c3)CC2=O)cc1C. The molecule has 1 heterocycles. The molecule has 1 aliphatic rings. The first-order valence-corrected chi connectivity index (χ1v) is 8.51. The lowest BCUT2D eigenvalue weighted by Crippen LogP contribution is -2.39. The highest BCUT2D eigenvalue weighted by Gasteiger charge is 2.31. The Balaban J connectivity index is 1.62. The molecule has 1 aliphatic heterocycles. The van der Waals surface area contributed by atoms with Gasteiger partial charge >= 0.3 is 6.03 Å². The molecule has 0 spiro atoms. The second-order valence-electron chi connectivity index (χ2n) is 6.28. The first kappa shape index (κ1) is 17.3. The van der Waals surface area contributed by atoms with Crippen LogP contribution in [-0.2, 0) is 4.79 Å². The Morgan fingerprint density at radius 1 is 1.16 bits per heavy atom. The fourth-order valence-corrected chi connectivity index (χ4v) is 3.06. The van der Waals surface area contributed by atoms with Gasteiger partial charge in [-0.1, -0.05) is 23.7 Å². The average molecular weight is 358 g/mol. The van der Waals surface area contributed by atoms with Gasteiger partial charge in [-0.05, 0) is 55.3 Å². The molecular formula is C19H20ClN3O2. The standard InChI is InChI=1S/C19H20ClN3O2/c1-12-6-7-17(8-13(12)2)23-11-16(10-18(23)24)22-19(25)21-15-5-3-4-14(20)9-15/h3-9,16H,10-11H2,1-2H3,(H2,21,22,25)/t16-/m0/s1. The molecule has 0 radical (unpaired) electrons. The van der Waals surface area contributed by atoms with Crippen LogP contribution in [0.5, 0.6) is 0 Å². The van der Waals surface area contributed by atoms with Gasteiger partial charge in [-0.3, -0.25) is 4.79 Å². The van der Waals surface area contributed by atoms with Crippen molar-refractivity contribution in [2.75, 3.05) is 16.8 Å². The van der Waals surface area contributed by atoms with E-state index >= 15 is 0 Å². The summed E-state index contributed by atoms with van der Waals surface area (Å²) in [7, 11) is 0. The molecule has 0 aromatic heterocycles. The van der Waals surface area contributed by atoms with E-state index < -0.39 is 0 Å². The normalized spacial score (nSPS) is 16.8. The van der Waals surface area contributed by atoms with Crippen molar-refractivity contribution in [3.63, 3.8) is 0 Å². The zero-order valence-electron chi connectivity index (χ0n) is 14.2. The van der Waals surface area contributed by atoms with E-state index in [-0.39, 0.29) is 24.4 Å². The predicted octanol–water partition coefficient (Wildman–Crippen LogP) is 3.88. The molecule has 2 N–H and O–H groups in total. The summed E-state index contributed by atoms with van der Waals surface area (Å²) in [5.74, 6) is 0.0105. The lowest BCUT2D eigenvalue weighted by molar-refractivity contribution is -0.117. The lowest BCUT2D eigenvalue weighted by atomic mass is 10.1. The van der Waals surface area contributed by atoms with Crippen LogP contribution in [0, 0.1) is 13.8 Å². The molecular weight excluding hydrogens is 338 g/mol. The number of halogens is 1. The van der Waals surface area contributed by atoms with E-state index in [1.807, 2.05) is 32.0 Å². The Morgan fingerprint density at radius 3 is 2.68 bits per heavy atom. The van der Waals surface area contributed by atoms with Crippen LogP contribution in [0.1, 0.15) is 17.5 Å². The summed E-state index contributed by atoms with van der Waals surface area (Å²) in [5, 5.41) is 6.13. The monoisotopic (exact) mass is 357 g/mol. The molecule has 1 fully saturated rings.